The van der Waals surface area contributed by atoms with Gasteiger partial charge in [0, 0.05) is 11.6 Å². The molecule has 0 saturated carbocycles. The minimum atomic E-state index is -0.711. The summed E-state index contributed by atoms with van der Waals surface area (Å²) in [6, 6.07) is 5.85. The fourth-order valence-electron chi connectivity index (χ4n) is 1.63. The van der Waals surface area contributed by atoms with Gasteiger partial charge < -0.3 is 16.4 Å². The lowest BCUT2D eigenvalue weighted by molar-refractivity contribution is -0.124. The number of hydrogen-bond acceptors (Lipinski definition) is 2. The van der Waals surface area contributed by atoms with E-state index in [-0.39, 0.29) is 11.8 Å². The summed E-state index contributed by atoms with van der Waals surface area (Å²) in [4.78, 5) is 22.8. The second kappa shape index (κ2) is 6.99. The number of carbonyl (C=O) groups is 2. The fourth-order valence-corrected chi connectivity index (χ4v) is 1.85. The Kier molecular flexibility index (Phi) is 5.63. The molecule has 6 heteroatoms. The summed E-state index contributed by atoms with van der Waals surface area (Å²) in [6.07, 6.45) is 0. The third-order valence-corrected chi connectivity index (χ3v) is 2.84. The highest BCUT2D eigenvalue weighted by Gasteiger charge is 2.22. The molecule has 19 heavy (non-hydrogen) atoms. The van der Waals surface area contributed by atoms with E-state index in [4.69, 9.17) is 17.3 Å². The number of halogens is 1. The van der Waals surface area contributed by atoms with Crippen molar-refractivity contribution in [2.75, 3.05) is 0 Å². The second-order valence-corrected chi connectivity index (χ2v) is 5.01. The maximum atomic E-state index is 12.0. The molecule has 0 saturated heterocycles. The van der Waals surface area contributed by atoms with E-state index in [2.05, 4.69) is 10.6 Å². The zero-order valence-corrected chi connectivity index (χ0v) is 11.7. The first-order valence-corrected chi connectivity index (χ1v) is 6.36. The van der Waals surface area contributed by atoms with Gasteiger partial charge in [-0.05, 0) is 23.6 Å². The van der Waals surface area contributed by atoms with Crippen LogP contribution in [-0.2, 0) is 11.3 Å². The van der Waals surface area contributed by atoms with Gasteiger partial charge in [-0.1, -0.05) is 37.6 Å². The Morgan fingerprint density at radius 3 is 2.58 bits per heavy atom. The summed E-state index contributed by atoms with van der Waals surface area (Å²) < 4.78 is 0. The largest absolute Gasteiger partial charge is 0.352 e. The minimum absolute atomic E-state index is 0.0492. The highest BCUT2D eigenvalue weighted by atomic mass is 35.5. The molecule has 4 N–H and O–H groups in total. The summed E-state index contributed by atoms with van der Waals surface area (Å²) in [6.45, 7) is 4.02. The van der Waals surface area contributed by atoms with Crippen molar-refractivity contribution in [3.05, 3.63) is 34.9 Å². The Bertz CT molecular complexity index is 463. The van der Waals surface area contributed by atoms with Crippen LogP contribution in [0.3, 0.4) is 0 Å². The van der Waals surface area contributed by atoms with Gasteiger partial charge in [0.15, 0.2) is 0 Å². The van der Waals surface area contributed by atoms with Crippen LogP contribution in [0.1, 0.15) is 19.4 Å². The Hall–Kier alpha value is -1.75. The fraction of sp³-hybridized carbons (Fsp3) is 0.385. The van der Waals surface area contributed by atoms with E-state index >= 15 is 0 Å². The highest BCUT2D eigenvalue weighted by molar-refractivity contribution is 6.30. The Morgan fingerprint density at radius 2 is 2.05 bits per heavy atom. The van der Waals surface area contributed by atoms with Crippen LogP contribution in [0.4, 0.5) is 4.79 Å². The average Bonchev–Trinajstić information content (AvgIpc) is 2.32. The van der Waals surface area contributed by atoms with Crippen LogP contribution in [0.15, 0.2) is 24.3 Å². The van der Waals surface area contributed by atoms with Gasteiger partial charge in [0.1, 0.15) is 6.04 Å². The number of primary amides is 1. The van der Waals surface area contributed by atoms with Gasteiger partial charge in [0.25, 0.3) is 0 Å². The third-order valence-electron chi connectivity index (χ3n) is 2.60. The van der Waals surface area contributed by atoms with Crippen LogP contribution < -0.4 is 16.4 Å². The number of rotatable bonds is 5. The van der Waals surface area contributed by atoms with Crippen molar-refractivity contribution in [1.82, 2.24) is 10.6 Å². The SMILES string of the molecule is CC(C)[C@@H](NC(N)=O)C(=O)NCc1cccc(Cl)c1. The molecule has 0 aliphatic carbocycles. The van der Waals surface area contributed by atoms with E-state index in [0.29, 0.717) is 11.6 Å². The van der Waals surface area contributed by atoms with Crippen molar-refractivity contribution >= 4 is 23.5 Å². The normalized spacial score (nSPS) is 12.0. The molecule has 0 spiro atoms. The molecule has 1 aromatic rings. The van der Waals surface area contributed by atoms with Gasteiger partial charge in [-0.2, -0.15) is 0 Å². The number of nitrogens with two attached hydrogens (primary N) is 1. The van der Waals surface area contributed by atoms with Gasteiger partial charge >= 0.3 is 6.03 Å². The van der Waals surface area contributed by atoms with E-state index in [9.17, 15) is 9.59 Å². The Labute approximate surface area is 117 Å². The maximum Gasteiger partial charge on any atom is 0.312 e. The summed E-state index contributed by atoms with van der Waals surface area (Å²) in [7, 11) is 0. The van der Waals surface area contributed by atoms with E-state index in [0.717, 1.165) is 5.56 Å². The number of nitrogens with one attached hydrogen (secondary N) is 2. The first kappa shape index (κ1) is 15.3. The number of amides is 3. The molecular formula is C13H18ClN3O2. The molecule has 0 aliphatic heterocycles. The van der Waals surface area contributed by atoms with Gasteiger partial charge in [0.05, 0.1) is 0 Å². The second-order valence-electron chi connectivity index (χ2n) is 4.58. The third kappa shape index (κ3) is 5.18. The quantitative estimate of drug-likeness (QED) is 0.768. The van der Waals surface area contributed by atoms with E-state index in [1.165, 1.54) is 0 Å². The van der Waals surface area contributed by atoms with Crippen molar-refractivity contribution in [1.29, 1.82) is 0 Å². The monoisotopic (exact) mass is 283 g/mol. The standard InChI is InChI=1S/C13H18ClN3O2/c1-8(2)11(17-13(15)19)12(18)16-7-9-4-3-5-10(14)6-9/h3-6,8,11H,7H2,1-2H3,(H,16,18)(H3,15,17,19)/t11-/m1/s1. The number of carbonyl (C=O) groups excluding carboxylic acids is 2. The lowest BCUT2D eigenvalue weighted by Crippen LogP contribution is -2.51. The molecule has 1 aromatic carbocycles. The Balaban J connectivity index is 2.59. The van der Waals surface area contributed by atoms with Gasteiger partial charge in [-0.15, -0.1) is 0 Å². The molecule has 104 valence electrons. The molecule has 0 heterocycles. The summed E-state index contributed by atoms with van der Waals surface area (Å²) >= 11 is 5.86. The molecule has 0 aromatic heterocycles. The molecule has 5 nitrogen and oxygen atoms in total. The lowest BCUT2D eigenvalue weighted by Gasteiger charge is -2.20. The summed E-state index contributed by atoms with van der Waals surface area (Å²) in [5.74, 6) is -0.319. The van der Waals surface area contributed by atoms with Gasteiger partial charge in [-0.3, -0.25) is 4.79 Å². The molecule has 0 bridgehead atoms. The molecule has 3 amide bonds. The Morgan fingerprint density at radius 1 is 1.37 bits per heavy atom. The van der Waals surface area contributed by atoms with Crippen LogP contribution in [0.5, 0.6) is 0 Å². The molecule has 0 unspecified atom stereocenters. The van der Waals surface area contributed by atoms with Crippen molar-refractivity contribution in [2.45, 2.75) is 26.4 Å². The van der Waals surface area contributed by atoms with E-state index in [1.807, 2.05) is 26.0 Å². The van der Waals surface area contributed by atoms with E-state index < -0.39 is 12.1 Å². The van der Waals surface area contributed by atoms with Crippen molar-refractivity contribution < 1.29 is 9.59 Å². The molecule has 0 fully saturated rings. The minimum Gasteiger partial charge on any atom is -0.352 e. The van der Waals surface area contributed by atoms with Crippen LogP contribution in [0.2, 0.25) is 5.02 Å². The summed E-state index contributed by atoms with van der Waals surface area (Å²) in [5.41, 5.74) is 5.94. The van der Waals surface area contributed by atoms with Crippen molar-refractivity contribution in [2.24, 2.45) is 11.7 Å². The topological polar surface area (TPSA) is 84.2 Å². The smallest absolute Gasteiger partial charge is 0.312 e. The molecule has 1 atom stereocenters. The number of urea groups is 1. The maximum absolute atomic E-state index is 12.0. The van der Waals surface area contributed by atoms with Crippen molar-refractivity contribution in [3.8, 4) is 0 Å². The van der Waals surface area contributed by atoms with E-state index in [1.54, 1.807) is 12.1 Å². The molecule has 1 rings (SSSR count). The first-order valence-electron chi connectivity index (χ1n) is 5.98. The highest BCUT2D eigenvalue weighted by Crippen LogP contribution is 2.10. The predicted molar refractivity (Wildman–Crippen MR) is 74.6 cm³/mol. The van der Waals surface area contributed by atoms with Crippen LogP contribution >= 0.6 is 11.6 Å². The summed E-state index contributed by atoms with van der Waals surface area (Å²) in [5, 5.41) is 5.79. The van der Waals surface area contributed by atoms with Gasteiger partial charge in [-0.25, -0.2) is 4.79 Å². The van der Waals surface area contributed by atoms with Crippen LogP contribution in [-0.4, -0.2) is 18.0 Å². The van der Waals surface area contributed by atoms with Crippen LogP contribution in [0, 0.1) is 5.92 Å². The van der Waals surface area contributed by atoms with Crippen molar-refractivity contribution in [3.63, 3.8) is 0 Å². The zero-order chi connectivity index (χ0) is 14.4. The first-order chi connectivity index (χ1) is 8.90. The average molecular weight is 284 g/mol. The molecule has 0 radical (unpaired) electrons. The number of benzene rings is 1. The molecular weight excluding hydrogens is 266 g/mol. The molecule has 0 aliphatic rings. The van der Waals surface area contributed by atoms with Gasteiger partial charge in [0.2, 0.25) is 5.91 Å². The zero-order valence-electron chi connectivity index (χ0n) is 10.9. The number of hydrogen-bond donors (Lipinski definition) is 3. The predicted octanol–water partition coefficient (Wildman–Crippen LogP) is 1.65. The van der Waals surface area contributed by atoms with Crippen LogP contribution in [0.25, 0.3) is 0 Å². The lowest BCUT2D eigenvalue weighted by atomic mass is 10.0.